The molecule has 1 aliphatic rings. The van der Waals surface area contributed by atoms with E-state index < -0.39 is 0 Å². The van der Waals surface area contributed by atoms with Gasteiger partial charge in [0, 0.05) is 0 Å². The molecule has 138 valence electrons. The molecule has 1 aliphatic carbocycles. The smallest absolute Gasteiger partial charge is 0.258 e. The number of nitrogens with one attached hydrogen (secondary N) is 1. The van der Waals surface area contributed by atoms with Crippen LogP contribution < -0.4 is 10.1 Å². The Labute approximate surface area is 156 Å². The number of aryl methyl sites for hydroxylation is 4. The lowest BCUT2D eigenvalue weighted by Crippen LogP contribution is -2.32. The van der Waals surface area contributed by atoms with Gasteiger partial charge in [0.15, 0.2) is 6.61 Å². The van der Waals surface area contributed by atoms with Crippen molar-refractivity contribution in [1.82, 2.24) is 5.32 Å². The molecule has 1 amide bonds. The van der Waals surface area contributed by atoms with Gasteiger partial charge in [0.2, 0.25) is 0 Å². The van der Waals surface area contributed by atoms with Crippen LogP contribution in [0.1, 0.15) is 60.0 Å². The van der Waals surface area contributed by atoms with Crippen molar-refractivity contribution in [3.8, 4) is 5.75 Å². The van der Waals surface area contributed by atoms with E-state index in [4.69, 9.17) is 4.74 Å². The van der Waals surface area contributed by atoms with Crippen LogP contribution in [0.4, 0.5) is 0 Å². The van der Waals surface area contributed by atoms with E-state index in [0.717, 1.165) is 30.6 Å². The second-order valence-electron chi connectivity index (χ2n) is 7.30. The molecular formula is C23H29NO2. The fraction of sp³-hybridized carbons (Fsp3) is 0.435. The lowest BCUT2D eigenvalue weighted by molar-refractivity contribution is -0.123. The van der Waals surface area contributed by atoms with Gasteiger partial charge in [0.1, 0.15) is 5.75 Å². The van der Waals surface area contributed by atoms with Crippen LogP contribution in [0.25, 0.3) is 0 Å². The van der Waals surface area contributed by atoms with Gasteiger partial charge in [0.25, 0.3) is 5.91 Å². The minimum Gasteiger partial charge on any atom is -0.484 e. The molecule has 0 heterocycles. The molecule has 2 aromatic carbocycles. The summed E-state index contributed by atoms with van der Waals surface area (Å²) in [6, 6.07) is 12.6. The summed E-state index contributed by atoms with van der Waals surface area (Å²) in [5.74, 6) is 0.716. The predicted molar refractivity (Wildman–Crippen MR) is 106 cm³/mol. The van der Waals surface area contributed by atoms with Crippen molar-refractivity contribution in [3.63, 3.8) is 0 Å². The largest absolute Gasteiger partial charge is 0.484 e. The average molecular weight is 351 g/mol. The summed E-state index contributed by atoms with van der Waals surface area (Å²) in [6.45, 7) is 6.35. The highest BCUT2D eigenvalue weighted by atomic mass is 16.5. The van der Waals surface area contributed by atoms with Crippen LogP contribution in [-0.4, -0.2) is 12.5 Å². The highest BCUT2D eigenvalue weighted by Crippen LogP contribution is 2.25. The third kappa shape index (κ3) is 4.46. The minimum absolute atomic E-state index is 0.0222. The molecule has 2 aromatic rings. The summed E-state index contributed by atoms with van der Waals surface area (Å²) in [7, 11) is 0. The number of hydrogen-bond acceptors (Lipinski definition) is 2. The molecule has 3 rings (SSSR count). The van der Waals surface area contributed by atoms with Gasteiger partial charge in [-0.3, -0.25) is 4.79 Å². The fourth-order valence-electron chi connectivity index (χ4n) is 3.59. The van der Waals surface area contributed by atoms with Crippen molar-refractivity contribution in [2.75, 3.05) is 6.61 Å². The Hall–Kier alpha value is -2.29. The van der Waals surface area contributed by atoms with Crippen molar-refractivity contribution < 1.29 is 9.53 Å². The quantitative estimate of drug-likeness (QED) is 0.809. The molecule has 0 aliphatic heterocycles. The summed E-state index contributed by atoms with van der Waals surface area (Å²) in [4.78, 5) is 12.4. The fourth-order valence-corrected chi connectivity index (χ4v) is 3.59. The number of hydrogen-bond donors (Lipinski definition) is 1. The molecule has 0 radical (unpaired) electrons. The molecule has 0 aromatic heterocycles. The number of fused-ring (bicyclic) bond motifs is 1. The third-order valence-electron chi connectivity index (χ3n) is 5.37. The van der Waals surface area contributed by atoms with E-state index in [-0.39, 0.29) is 18.6 Å². The van der Waals surface area contributed by atoms with Crippen LogP contribution in [0.5, 0.6) is 5.75 Å². The van der Waals surface area contributed by atoms with Gasteiger partial charge in [-0.1, -0.05) is 31.2 Å². The Kier molecular flexibility index (Phi) is 5.97. The molecule has 0 saturated heterocycles. The Balaban J connectivity index is 1.58. The average Bonchev–Trinajstić information content (AvgIpc) is 2.66. The van der Waals surface area contributed by atoms with Crippen LogP contribution in [0.2, 0.25) is 0 Å². The lowest BCUT2D eigenvalue weighted by Gasteiger charge is -2.19. The van der Waals surface area contributed by atoms with Crippen LogP contribution in [0, 0.1) is 13.8 Å². The van der Waals surface area contributed by atoms with Gasteiger partial charge >= 0.3 is 0 Å². The number of rotatable bonds is 6. The molecule has 0 saturated carbocycles. The second kappa shape index (κ2) is 8.39. The van der Waals surface area contributed by atoms with Crippen LogP contribution in [-0.2, 0) is 17.6 Å². The molecular weight excluding hydrogens is 322 g/mol. The molecule has 1 atom stereocenters. The van der Waals surface area contributed by atoms with E-state index in [0.29, 0.717) is 0 Å². The van der Waals surface area contributed by atoms with E-state index in [2.05, 4.69) is 56.4 Å². The highest BCUT2D eigenvalue weighted by Gasteiger charge is 2.15. The monoisotopic (exact) mass is 351 g/mol. The third-order valence-corrected chi connectivity index (χ3v) is 5.37. The molecule has 0 fully saturated rings. The molecule has 0 bridgehead atoms. The summed E-state index contributed by atoms with van der Waals surface area (Å²) in [6.07, 6.45) is 5.64. The first kappa shape index (κ1) is 18.5. The van der Waals surface area contributed by atoms with E-state index >= 15 is 0 Å². The molecule has 3 nitrogen and oxygen atoms in total. The first-order chi connectivity index (χ1) is 12.6. The molecule has 26 heavy (non-hydrogen) atoms. The minimum atomic E-state index is -0.0761. The Morgan fingerprint density at radius 3 is 2.54 bits per heavy atom. The standard InChI is InChI=1S/C23H29NO2/c1-4-22(20-10-9-16(2)17(3)13-20)24-23(25)15-26-21-12-11-18-7-5-6-8-19(18)14-21/h9-14,22H,4-8,15H2,1-3H3,(H,24,25)/t22-/m0/s1. The van der Waals surface area contributed by atoms with Crippen molar-refractivity contribution in [2.24, 2.45) is 0 Å². The van der Waals surface area contributed by atoms with Gasteiger partial charge < -0.3 is 10.1 Å². The zero-order valence-electron chi connectivity index (χ0n) is 16.1. The summed E-state index contributed by atoms with van der Waals surface area (Å²) in [5.41, 5.74) is 6.47. The van der Waals surface area contributed by atoms with Crippen molar-refractivity contribution >= 4 is 5.91 Å². The highest BCUT2D eigenvalue weighted by molar-refractivity contribution is 5.78. The number of benzene rings is 2. The van der Waals surface area contributed by atoms with Gasteiger partial charge in [-0.15, -0.1) is 0 Å². The first-order valence-electron chi connectivity index (χ1n) is 9.68. The second-order valence-corrected chi connectivity index (χ2v) is 7.30. The summed E-state index contributed by atoms with van der Waals surface area (Å²) < 4.78 is 5.75. The summed E-state index contributed by atoms with van der Waals surface area (Å²) >= 11 is 0. The van der Waals surface area contributed by atoms with Gasteiger partial charge in [-0.25, -0.2) is 0 Å². The van der Waals surface area contributed by atoms with E-state index in [1.54, 1.807) is 0 Å². The molecule has 0 spiro atoms. The lowest BCUT2D eigenvalue weighted by atomic mass is 9.92. The van der Waals surface area contributed by atoms with Crippen molar-refractivity contribution in [2.45, 2.75) is 58.9 Å². The number of ether oxygens (including phenoxy) is 1. The topological polar surface area (TPSA) is 38.3 Å². The Bertz CT molecular complexity index is 782. The Morgan fingerprint density at radius 1 is 1.04 bits per heavy atom. The number of carbonyl (C=O) groups excluding carboxylic acids is 1. The van der Waals surface area contributed by atoms with Crippen LogP contribution in [0.15, 0.2) is 36.4 Å². The predicted octanol–water partition coefficient (Wildman–Crippen LogP) is 4.83. The normalized spacial score (nSPS) is 14.4. The molecule has 3 heteroatoms. The van der Waals surface area contributed by atoms with Gasteiger partial charge in [-0.2, -0.15) is 0 Å². The zero-order chi connectivity index (χ0) is 18.5. The maximum absolute atomic E-state index is 12.4. The summed E-state index contributed by atoms with van der Waals surface area (Å²) in [5, 5.41) is 3.10. The SMILES string of the molecule is CC[C@H](NC(=O)COc1ccc2c(c1)CCCC2)c1ccc(C)c(C)c1. The Morgan fingerprint density at radius 2 is 1.81 bits per heavy atom. The first-order valence-corrected chi connectivity index (χ1v) is 9.68. The van der Waals surface area contributed by atoms with Crippen LogP contribution in [0.3, 0.4) is 0 Å². The van der Waals surface area contributed by atoms with E-state index in [1.807, 2.05) is 6.07 Å². The molecule has 0 unspecified atom stereocenters. The van der Waals surface area contributed by atoms with Crippen LogP contribution >= 0.6 is 0 Å². The maximum atomic E-state index is 12.4. The van der Waals surface area contributed by atoms with Gasteiger partial charge in [-0.05, 0) is 85.9 Å². The van der Waals surface area contributed by atoms with Gasteiger partial charge in [0.05, 0.1) is 6.04 Å². The van der Waals surface area contributed by atoms with Crippen molar-refractivity contribution in [3.05, 3.63) is 64.2 Å². The molecule has 1 N–H and O–H groups in total. The zero-order valence-corrected chi connectivity index (χ0v) is 16.1. The maximum Gasteiger partial charge on any atom is 0.258 e. The van der Waals surface area contributed by atoms with E-state index in [1.165, 1.54) is 35.1 Å². The van der Waals surface area contributed by atoms with E-state index in [9.17, 15) is 4.79 Å². The number of amides is 1. The number of carbonyl (C=O) groups is 1. The van der Waals surface area contributed by atoms with Crippen molar-refractivity contribution in [1.29, 1.82) is 0 Å².